The fourth-order valence-electron chi connectivity index (χ4n) is 1.56. The molecule has 2 amide bonds. The zero-order valence-corrected chi connectivity index (χ0v) is 11.4. The molecule has 0 spiro atoms. The first kappa shape index (κ1) is 14.8. The smallest absolute Gasteiger partial charge is 0.248 e. The number of primary amides is 1. The van der Waals surface area contributed by atoms with Gasteiger partial charge in [0.05, 0.1) is 11.4 Å². The zero-order chi connectivity index (χ0) is 14.6. The Morgan fingerprint density at radius 2 is 1.84 bits per heavy atom. The molecule has 0 fully saturated rings. The van der Waals surface area contributed by atoms with Gasteiger partial charge in [-0.1, -0.05) is 0 Å². The second kappa shape index (κ2) is 6.08. The van der Waals surface area contributed by atoms with Crippen LogP contribution in [0.1, 0.15) is 31.1 Å². The van der Waals surface area contributed by atoms with E-state index in [1.54, 1.807) is 19.1 Å². The van der Waals surface area contributed by atoms with Crippen LogP contribution in [0.5, 0.6) is 0 Å². The SMILES string of the molecule is CC(C)NC(=O)C(C)Nc1ccc(C(N)=O)cc1N. The van der Waals surface area contributed by atoms with E-state index in [0.29, 0.717) is 16.9 Å². The van der Waals surface area contributed by atoms with Crippen molar-refractivity contribution in [2.24, 2.45) is 5.73 Å². The highest BCUT2D eigenvalue weighted by Gasteiger charge is 2.14. The Hall–Kier alpha value is -2.24. The van der Waals surface area contributed by atoms with Crippen molar-refractivity contribution in [3.05, 3.63) is 23.8 Å². The molecule has 104 valence electrons. The number of nitrogen functional groups attached to an aromatic ring is 1. The highest BCUT2D eigenvalue weighted by atomic mass is 16.2. The average molecular weight is 264 g/mol. The van der Waals surface area contributed by atoms with E-state index in [9.17, 15) is 9.59 Å². The molecule has 0 aliphatic carbocycles. The molecule has 6 N–H and O–H groups in total. The first-order chi connectivity index (χ1) is 8.81. The van der Waals surface area contributed by atoms with Crippen LogP contribution in [0.3, 0.4) is 0 Å². The molecule has 0 saturated heterocycles. The van der Waals surface area contributed by atoms with Crippen LogP contribution in [0.25, 0.3) is 0 Å². The van der Waals surface area contributed by atoms with Crippen LogP contribution in [0.4, 0.5) is 11.4 Å². The summed E-state index contributed by atoms with van der Waals surface area (Å²) in [4.78, 5) is 22.8. The van der Waals surface area contributed by atoms with Gasteiger partial charge in [-0.15, -0.1) is 0 Å². The van der Waals surface area contributed by atoms with Crippen LogP contribution >= 0.6 is 0 Å². The van der Waals surface area contributed by atoms with Crippen molar-refractivity contribution in [2.75, 3.05) is 11.1 Å². The van der Waals surface area contributed by atoms with Crippen LogP contribution in [-0.4, -0.2) is 23.9 Å². The maximum atomic E-state index is 11.8. The summed E-state index contributed by atoms with van der Waals surface area (Å²) in [5.74, 6) is -0.655. The third-order valence-corrected chi connectivity index (χ3v) is 2.53. The fourth-order valence-corrected chi connectivity index (χ4v) is 1.56. The van der Waals surface area contributed by atoms with Gasteiger partial charge in [-0.2, -0.15) is 0 Å². The number of nitrogens with two attached hydrogens (primary N) is 2. The lowest BCUT2D eigenvalue weighted by Crippen LogP contribution is -2.41. The minimum absolute atomic E-state index is 0.0753. The second-order valence-electron chi connectivity index (χ2n) is 4.70. The Kier molecular flexibility index (Phi) is 4.74. The van der Waals surface area contributed by atoms with Crippen LogP contribution < -0.4 is 22.1 Å². The number of amides is 2. The third-order valence-electron chi connectivity index (χ3n) is 2.53. The van der Waals surface area contributed by atoms with Crippen molar-refractivity contribution in [2.45, 2.75) is 32.9 Å². The van der Waals surface area contributed by atoms with Gasteiger partial charge in [-0.3, -0.25) is 9.59 Å². The van der Waals surface area contributed by atoms with Gasteiger partial charge in [-0.05, 0) is 39.0 Å². The number of nitrogens with one attached hydrogen (secondary N) is 2. The van der Waals surface area contributed by atoms with E-state index < -0.39 is 11.9 Å². The molecule has 1 rings (SSSR count). The number of rotatable bonds is 5. The topological polar surface area (TPSA) is 110 Å². The molecule has 0 bridgehead atoms. The van der Waals surface area contributed by atoms with Crippen LogP contribution in [0, 0.1) is 0 Å². The van der Waals surface area contributed by atoms with E-state index in [1.807, 2.05) is 13.8 Å². The van der Waals surface area contributed by atoms with E-state index in [1.165, 1.54) is 6.07 Å². The molecule has 1 unspecified atom stereocenters. The van der Waals surface area contributed by atoms with E-state index in [4.69, 9.17) is 11.5 Å². The van der Waals surface area contributed by atoms with Crippen LogP contribution in [0.2, 0.25) is 0 Å². The van der Waals surface area contributed by atoms with Crippen molar-refractivity contribution < 1.29 is 9.59 Å². The minimum Gasteiger partial charge on any atom is -0.397 e. The standard InChI is InChI=1S/C13H20N4O2/c1-7(2)16-13(19)8(3)17-11-5-4-9(12(15)18)6-10(11)14/h4-8,17H,14H2,1-3H3,(H2,15,18)(H,16,19). The van der Waals surface area contributed by atoms with Gasteiger partial charge in [0, 0.05) is 11.6 Å². The molecule has 6 heteroatoms. The molecule has 0 aliphatic rings. The lowest BCUT2D eigenvalue weighted by atomic mass is 10.1. The lowest BCUT2D eigenvalue weighted by Gasteiger charge is -2.18. The highest BCUT2D eigenvalue weighted by molar-refractivity contribution is 5.95. The molecular weight excluding hydrogens is 244 g/mol. The van der Waals surface area contributed by atoms with Crippen molar-refractivity contribution in [1.82, 2.24) is 5.32 Å². The molecule has 1 aromatic rings. The summed E-state index contributed by atoms with van der Waals surface area (Å²) in [6.07, 6.45) is 0. The fraction of sp³-hybridized carbons (Fsp3) is 0.385. The molecule has 6 nitrogen and oxygen atoms in total. The normalized spacial score (nSPS) is 12.0. The van der Waals surface area contributed by atoms with Gasteiger partial charge in [0.1, 0.15) is 6.04 Å². The maximum absolute atomic E-state index is 11.8. The molecule has 1 aromatic carbocycles. The van der Waals surface area contributed by atoms with E-state index in [2.05, 4.69) is 10.6 Å². The largest absolute Gasteiger partial charge is 0.397 e. The molecular formula is C13H20N4O2. The number of hydrogen-bond acceptors (Lipinski definition) is 4. The highest BCUT2D eigenvalue weighted by Crippen LogP contribution is 2.20. The Labute approximate surface area is 112 Å². The summed E-state index contributed by atoms with van der Waals surface area (Å²) >= 11 is 0. The van der Waals surface area contributed by atoms with Gasteiger partial charge in [0.25, 0.3) is 0 Å². The van der Waals surface area contributed by atoms with Crippen LogP contribution in [-0.2, 0) is 4.79 Å². The molecule has 1 atom stereocenters. The van der Waals surface area contributed by atoms with E-state index in [0.717, 1.165) is 0 Å². The van der Waals surface area contributed by atoms with Gasteiger partial charge in [0.2, 0.25) is 11.8 Å². The van der Waals surface area contributed by atoms with Crippen molar-refractivity contribution in [3.63, 3.8) is 0 Å². The third kappa shape index (κ3) is 4.17. The van der Waals surface area contributed by atoms with Crippen molar-refractivity contribution in [1.29, 1.82) is 0 Å². The first-order valence-corrected chi connectivity index (χ1v) is 6.07. The molecule has 0 saturated carbocycles. The quantitative estimate of drug-likeness (QED) is 0.586. The minimum atomic E-state index is -0.538. The average Bonchev–Trinajstić information content (AvgIpc) is 2.30. The van der Waals surface area contributed by atoms with Gasteiger partial charge < -0.3 is 22.1 Å². The molecule has 0 radical (unpaired) electrons. The molecule has 0 aromatic heterocycles. The van der Waals surface area contributed by atoms with E-state index in [-0.39, 0.29) is 11.9 Å². The van der Waals surface area contributed by atoms with Crippen molar-refractivity contribution >= 4 is 23.2 Å². The summed E-state index contributed by atoms with van der Waals surface area (Å²) in [5.41, 5.74) is 12.3. The number of hydrogen-bond donors (Lipinski definition) is 4. The Morgan fingerprint density at radius 1 is 1.21 bits per heavy atom. The number of carbonyl (C=O) groups is 2. The number of carbonyl (C=O) groups excluding carboxylic acids is 2. The summed E-state index contributed by atoms with van der Waals surface area (Å²) in [6, 6.07) is 4.33. The number of anilines is 2. The maximum Gasteiger partial charge on any atom is 0.248 e. The Balaban J connectivity index is 2.77. The lowest BCUT2D eigenvalue weighted by molar-refractivity contribution is -0.122. The van der Waals surface area contributed by atoms with Gasteiger partial charge in [-0.25, -0.2) is 0 Å². The second-order valence-corrected chi connectivity index (χ2v) is 4.70. The monoisotopic (exact) mass is 264 g/mol. The van der Waals surface area contributed by atoms with Gasteiger partial charge >= 0.3 is 0 Å². The number of benzene rings is 1. The van der Waals surface area contributed by atoms with Crippen molar-refractivity contribution in [3.8, 4) is 0 Å². The zero-order valence-electron chi connectivity index (χ0n) is 11.4. The van der Waals surface area contributed by atoms with Crippen LogP contribution in [0.15, 0.2) is 18.2 Å². The summed E-state index contributed by atoms with van der Waals surface area (Å²) in [5, 5.41) is 5.79. The first-order valence-electron chi connectivity index (χ1n) is 6.07. The Morgan fingerprint density at radius 3 is 2.32 bits per heavy atom. The Bertz CT molecular complexity index is 486. The molecule has 0 heterocycles. The predicted molar refractivity (Wildman–Crippen MR) is 75.7 cm³/mol. The van der Waals surface area contributed by atoms with Gasteiger partial charge in [0.15, 0.2) is 0 Å². The predicted octanol–water partition coefficient (Wildman–Crippen LogP) is 0.693. The molecule has 19 heavy (non-hydrogen) atoms. The summed E-state index contributed by atoms with van der Waals surface area (Å²) < 4.78 is 0. The summed E-state index contributed by atoms with van der Waals surface area (Å²) in [7, 11) is 0. The van der Waals surface area contributed by atoms with E-state index >= 15 is 0 Å². The summed E-state index contributed by atoms with van der Waals surface area (Å²) in [6.45, 7) is 5.51. The molecule has 0 aliphatic heterocycles.